The summed E-state index contributed by atoms with van der Waals surface area (Å²) in [6.07, 6.45) is 0. The van der Waals surface area contributed by atoms with Crippen LogP contribution in [0.2, 0.25) is 0 Å². The Morgan fingerprint density at radius 1 is 1.03 bits per heavy atom. The molecule has 0 aliphatic heterocycles. The predicted octanol–water partition coefficient (Wildman–Crippen LogP) is 3.37. The molecule has 3 rings (SSSR count). The van der Waals surface area contributed by atoms with Gasteiger partial charge in [0.1, 0.15) is 11.4 Å². The minimum absolute atomic E-state index is 0.184. The standard InChI is InChI=1S/C25H31N5O3/c1-25(2,3)22-13-20(30(4)29-22)24(32)28-19-12-18(10-11-21(19)33-5)23(31)27-15-17-8-6-16(14-26)7-9-17/h6-13H,14-15,26H2,1-5H3,(H,27,31)(H,28,32). The molecular formula is C25H31N5O3. The fraction of sp³-hybridized carbons (Fsp3) is 0.320. The van der Waals surface area contributed by atoms with Crippen molar-refractivity contribution in [1.82, 2.24) is 15.1 Å². The number of nitrogens with zero attached hydrogens (tertiary/aromatic N) is 2. The maximum absolute atomic E-state index is 13.0. The van der Waals surface area contributed by atoms with Gasteiger partial charge < -0.3 is 21.1 Å². The summed E-state index contributed by atoms with van der Waals surface area (Å²) in [4.78, 5) is 25.7. The van der Waals surface area contributed by atoms with Crippen LogP contribution < -0.4 is 21.1 Å². The van der Waals surface area contributed by atoms with E-state index in [1.807, 2.05) is 45.0 Å². The van der Waals surface area contributed by atoms with E-state index in [1.54, 1.807) is 36.0 Å². The molecule has 0 bridgehead atoms. The molecule has 0 fully saturated rings. The van der Waals surface area contributed by atoms with Gasteiger partial charge in [-0.2, -0.15) is 5.10 Å². The molecule has 0 saturated carbocycles. The van der Waals surface area contributed by atoms with Gasteiger partial charge in [0.2, 0.25) is 0 Å². The van der Waals surface area contributed by atoms with Crippen molar-refractivity contribution in [2.75, 3.05) is 12.4 Å². The Hall–Kier alpha value is -3.65. The first-order valence-electron chi connectivity index (χ1n) is 10.7. The average molecular weight is 450 g/mol. The lowest BCUT2D eigenvalue weighted by Gasteiger charge is -2.13. The second-order valence-corrected chi connectivity index (χ2v) is 8.86. The summed E-state index contributed by atoms with van der Waals surface area (Å²) in [7, 11) is 3.24. The van der Waals surface area contributed by atoms with E-state index in [1.165, 1.54) is 7.11 Å². The normalized spacial score (nSPS) is 11.2. The molecule has 0 radical (unpaired) electrons. The molecule has 2 amide bonds. The second-order valence-electron chi connectivity index (χ2n) is 8.86. The van der Waals surface area contributed by atoms with Crippen LogP contribution in [-0.4, -0.2) is 28.7 Å². The van der Waals surface area contributed by atoms with Gasteiger partial charge >= 0.3 is 0 Å². The van der Waals surface area contributed by atoms with Crippen LogP contribution in [0.3, 0.4) is 0 Å². The summed E-state index contributed by atoms with van der Waals surface area (Å²) in [5.41, 5.74) is 9.47. The number of carbonyl (C=O) groups is 2. The first kappa shape index (κ1) is 24.0. The first-order chi connectivity index (χ1) is 15.6. The quantitative estimate of drug-likeness (QED) is 0.512. The van der Waals surface area contributed by atoms with Crippen molar-refractivity contribution in [2.24, 2.45) is 12.8 Å². The van der Waals surface area contributed by atoms with E-state index in [9.17, 15) is 9.59 Å². The number of aromatic nitrogens is 2. The average Bonchev–Trinajstić information content (AvgIpc) is 3.20. The lowest BCUT2D eigenvalue weighted by molar-refractivity contribution is 0.0949. The van der Waals surface area contributed by atoms with Crippen molar-refractivity contribution >= 4 is 17.5 Å². The molecule has 0 aliphatic rings. The predicted molar refractivity (Wildman–Crippen MR) is 128 cm³/mol. The summed E-state index contributed by atoms with van der Waals surface area (Å²) in [5, 5.41) is 10.2. The number of carbonyl (C=O) groups excluding carboxylic acids is 2. The zero-order chi connectivity index (χ0) is 24.2. The molecule has 0 atom stereocenters. The number of hydrogen-bond acceptors (Lipinski definition) is 5. The number of ether oxygens (including phenoxy) is 1. The van der Waals surface area contributed by atoms with Crippen molar-refractivity contribution in [3.8, 4) is 5.75 Å². The van der Waals surface area contributed by atoms with Crippen molar-refractivity contribution in [3.63, 3.8) is 0 Å². The van der Waals surface area contributed by atoms with E-state index in [-0.39, 0.29) is 17.2 Å². The lowest BCUT2D eigenvalue weighted by atomic mass is 9.92. The number of hydrogen-bond donors (Lipinski definition) is 3. The number of nitrogens with one attached hydrogen (secondary N) is 2. The van der Waals surface area contributed by atoms with Crippen molar-refractivity contribution < 1.29 is 14.3 Å². The van der Waals surface area contributed by atoms with Gasteiger partial charge in [0.25, 0.3) is 11.8 Å². The van der Waals surface area contributed by atoms with Crippen molar-refractivity contribution in [1.29, 1.82) is 0 Å². The Bertz CT molecular complexity index is 1140. The minimum Gasteiger partial charge on any atom is -0.495 e. The molecule has 0 aliphatic carbocycles. The number of aryl methyl sites for hydroxylation is 1. The molecule has 3 aromatic rings. The van der Waals surface area contributed by atoms with Crippen LogP contribution in [-0.2, 0) is 25.6 Å². The van der Waals surface area contributed by atoms with E-state index in [2.05, 4.69) is 15.7 Å². The van der Waals surface area contributed by atoms with Crippen LogP contribution in [0, 0.1) is 0 Å². The fourth-order valence-corrected chi connectivity index (χ4v) is 3.26. The van der Waals surface area contributed by atoms with Gasteiger partial charge in [0, 0.05) is 31.1 Å². The highest BCUT2D eigenvalue weighted by molar-refractivity contribution is 6.05. The molecule has 8 nitrogen and oxygen atoms in total. The van der Waals surface area contributed by atoms with Crippen LogP contribution in [0.5, 0.6) is 5.75 Å². The lowest BCUT2D eigenvalue weighted by Crippen LogP contribution is -2.23. The third kappa shape index (κ3) is 5.78. The largest absolute Gasteiger partial charge is 0.495 e. The number of methoxy groups -OCH3 is 1. The van der Waals surface area contributed by atoms with Gasteiger partial charge in [0.15, 0.2) is 0 Å². The third-order valence-electron chi connectivity index (χ3n) is 5.30. The minimum atomic E-state index is -0.337. The number of anilines is 1. The third-order valence-corrected chi connectivity index (χ3v) is 5.30. The highest BCUT2D eigenvalue weighted by atomic mass is 16.5. The molecule has 2 aromatic carbocycles. The first-order valence-corrected chi connectivity index (χ1v) is 10.7. The topological polar surface area (TPSA) is 111 Å². The molecule has 4 N–H and O–H groups in total. The number of rotatable bonds is 7. The Balaban J connectivity index is 1.75. The Labute approximate surface area is 194 Å². The smallest absolute Gasteiger partial charge is 0.274 e. The Morgan fingerprint density at radius 3 is 2.27 bits per heavy atom. The zero-order valence-corrected chi connectivity index (χ0v) is 19.7. The molecule has 1 aromatic heterocycles. The molecule has 174 valence electrons. The second kappa shape index (κ2) is 9.87. The highest BCUT2D eigenvalue weighted by Crippen LogP contribution is 2.27. The maximum atomic E-state index is 13.0. The molecule has 8 heteroatoms. The zero-order valence-electron chi connectivity index (χ0n) is 19.7. The molecule has 33 heavy (non-hydrogen) atoms. The van der Waals surface area contributed by atoms with E-state index in [4.69, 9.17) is 10.5 Å². The summed E-state index contributed by atoms with van der Waals surface area (Å²) in [6.45, 7) is 6.96. The van der Waals surface area contributed by atoms with Gasteiger partial charge in [0.05, 0.1) is 18.5 Å². The number of nitrogens with two attached hydrogens (primary N) is 1. The van der Waals surface area contributed by atoms with Crippen molar-refractivity contribution in [3.05, 3.63) is 76.6 Å². The molecule has 1 heterocycles. The summed E-state index contributed by atoms with van der Waals surface area (Å²) in [5.74, 6) is -0.140. The van der Waals surface area contributed by atoms with E-state index < -0.39 is 0 Å². The maximum Gasteiger partial charge on any atom is 0.274 e. The van der Waals surface area contributed by atoms with Crippen LogP contribution in [0.4, 0.5) is 5.69 Å². The SMILES string of the molecule is COc1ccc(C(=O)NCc2ccc(CN)cc2)cc1NC(=O)c1cc(C(C)(C)C)nn1C. The van der Waals surface area contributed by atoms with Gasteiger partial charge in [-0.25, -0.2) is 0 Å². The van der Waals surface area contributed by atoms with Crippen LogP contribution in [0.1, 0.15) is 58.4 Å². The van der Waals surface area contributed by atoms with E-state index in [0.717, 1.165) is 16.8 Å². The Morgan fingerprint density at radius 2 is 1.70 bits per heavy atom. The van der Waals surface area contributed by atoms with Crippen molar-refractivity contribution in [2.45, 2.75) is 39.3 Å². The fourth-order valence-electron chi connectivity index (χ4n) is 3.26. The molecule has 0 saturated heterocycles. The van der Waals surface area contributed by atoms with E-state index >= 15 is 0 Å². The van der Waals surface area contributed by atoms with Crippen LogP contribution >= 0.6 is 0 Å². The van der Waals surface area contributed by atoms with Crippen LogP contribution in [0.25, 0.3) is 0 Å². The molecule has 0 unspecified atom stereocenters. The van der Waals surface area contributed by atoms with Gasteiger partial charge in [-0.1, -0.05) is 45.0 Å². The molecular weight excluding hydrogens is 418 g/mol. The van der Waals surface area contributed by atoms with E-state index in [0.29, 0.717) is 35.8 Å². The monoisotopic (exact) mass is 449 g/mol. The van der Waals surface area contributed by atoms with Gasteiger partial charge in [-0.15, -0.1) is 0 Å². The van der Waals surface area contributed by atoms with Gasteiger partial charge in [-0.3, -0.25) is 14.3 Å². The summed E-state index contributed by atoms with van der Waals surface area (Å²) >= 11 is 0. The highest BCUT2D eigenvalue weighted by Gasteiger charge is 2.22. The molecule has 0 spiro atoms. The van der Waals surface area contributed by atoms with Gasteiger partial charge in [-0.05, 0) is 35.4 Å². The summed E-state index contributed by atoms with van der Waals surface area (Å²) < 4.78 is 6.93. The Kier molecular flexibility index (Phi) is 7.18. The number of benzene rings is 2. The van der Waals surface area contributed by atoms with Crippen LogP contribution in [0.15, 0.2) is 48.5 Å². The summed E-state index contributed by atoms with van der Waals surface area (Å²) in [6, 6.07) is 14.4. The number of amides is 2.